The second kappa shape index (κ2) is 8.21. The fourth-order valence-electron chi connectivity index (χ4n) is 2.23. The van der Waals surface area contributed by atoms with Gasteiger partial charge in [0.15, 0.2) is 11.6 Å². The summed E-state index contributed by atoms with van der Waals surface area (Å²) in [6.45, 7) is 0. The molecule has 9 heteroatoms. The Bertz CT molecular complexity index is 1010. The van der Waals surface area contributed by atoms with E-state index in [0.717, 1.165) is 12.1 Å². The summed E-state index contributed by atoms with van der Waals surface area (Å²) in [6, 6.07) is 9.52. The summed E-state index contributed by atoms with van der Waals surface area (Å²) in [6.07, 6.45) is 2.58. The molecule has 0 aliphatic heterocycles. The van der Waals surface area contributed by atoms with Crippen molar-refractivity contribution in [3.63, 3.8) is 0 Å². The normalized spacial score (nSPS) is 10.2. The molecule has 0 radical (unpaired) electrons. The maximum atomic E-state index is 13.2. The van der Waals surface area contributed by atoms with E-state index in [9.17, 15) is 18.4 Å². The van der Waals surface area contributed by atoms with E-state index in [4.69, 9.17) is 0 Å². The van der Waals surface area contributed by atoms with Gasteiger partial charge in [0.2, 0.25) is 0 Å². The number of anilines is 3. The first kappa shape index (κ1) is 18.9. The fourth-order valence-corrected chi connectivity index (χ4v) is 2.23. The van der Waals surface area contributed by atoms with Crippen molar-refractivity contribution in [2.75, 3.05) is 17.7 Å². The second-order valence-electron chi connectivity index (χ2n) is 5.56. The Morgan fingerprint density at radius 2 is 1.64 bits per heavy atom. The molecule has 0 saturated carbocycles. The predicted molar refractivity (Wildman–Crippen MR) is 97.4 cm³/mol. The van der Waals surface area contributed by atoms with Gasteiger partial charge in [-0.3, -0.25) is 4.79 Å². The fraction of sp³-hybridized carbons (Fsp3) is 0.0526. The van der Waals surface area contributed by atoms with Gasteiger partial charge in [0.1, 0.15) is 11.5 Å². The summed E-state index contributed by atoms with van der Waals surface area (Å²) in [5, 5.41) is 5.37. The van der Waals surface area contributed by atoms with E-state index < -0.39 is 23.5 Å². The smallest absolute Gasteiger partial charge is 0.337 e. The van der Waals surface area contributed by atoms with Crippen molar-refractivity contribution in [3.8, 4) is 0 Å². The van der Waals surface area contributed by atoms with Crippen molar-refractivity contribution in [2.24, 2.45) is 0 Å². The molecule has 2 aromatic carbocycles. The molecular formula is C19H14F2N4O3. The van der Waals surface area contributed by atoms with Gasteiger partial charge in [0.25, 0.3) is 5.91 Å². The quantitative estimate of drug-likeness (QED) is 0.654. The van der Waals surface area contributed by atoms with Gasteiger partial charge in [0, 0.05) is 17.4 Å². The van der Waals surface area contributed by atoms with Gasteiger partial charge >= 0.3 is 5.97 Å². The van der Waals surface area contributed by atoms with Gasteiger partial charge in [-0.1, -0.05) is 0 Å². The molecule has 7 nitrogen and oxygen atoms in total. The number of hydrogen-bond acceptors (Lipinski definition) is 6. The molecule has 0 spiro atoms. The first-order valence-corrected chi connectivity index (χ1v) is 8.00. The third-order valence-electron chi connectivity index (χ3n) is 3.64. The van der Waals surface area contributed by atoms with E-state index in [0.29, 0.717) is 17.1 Å². The summed E-state index contributed by atoms with van der Waals surface area (Å²) in [7, 11) is 1.30. The molecule has 0 saturated heterocycles. The van der Waals surface area contributed by atoms with Crippen LogP contribution in [0.4, 0.5) is 26.0 Å². The average Bonchev–Trinajstić information content (AvgIpc) is 2.71. The molecule has 28 heavy (non-hydrogen) atoms. The third-order valence-corrected chi connectivity index (χ3v) is 3.64. The highest BCUT2D eigenvalue weighted by atomic mass is 19.2. The predicted octanol–water partition coefficient (Wildman–Crippen LogP) is 3.54. The van der Waals surface area contributed by atoms with Crippen LogP contribution in [-0.4, -0.2) is 29.0 Å². The number of benzene rings is 2. The van der Waals surface area contributed by atoms with Gasteiger partial charge in [-0.15, -0.1) is 0 Å². The molecule has 3 aromatic rings. The number of nitrogens with one attached hydrogen (secondary N) is 2. The topological polar surface area (TPSA) is 93.2 Å². The number of carbonyl (C=O) groups is 2. The third kappa shape index (κ3) is 4.44. The standard InChI is InChI=1S/C19H14F2N4O3/c1-28-19(27)11-2-4-12(5-3-11)24-17-10-22-16(9-23-17)18(26)25-13-6-7-14(20)15(21)8-13/h2-10H,1H3,(H,23,24)(H,25,26). The molecule has 1 amide bonds. The van der Waals surface area contributed by atoms with E-state index >= 15 is 0 Å². The number of ether oxygens (including phenoxy) is 1. The number of esters is 1. The maximum absolute atomic E-state index is 13.2. The molecule has 1 aromatic heterocycles. The van der Waals surface area contributed by atoms with Crippen LogP contribution in [0.1, 0.15) is 20.8 Å². The largest absolute Gasteiger partial charge is 0.465 e. The molecule has 3 rings (SSSR count). The lowest BCUT2D eigenvalue weighted by molar-refractivity contribution is 0.0600. The van der Waals surface area contributed by atoms with Crippen molar-refractivity contribution in [3.05, 3.63) is 77.8 Å². The Labute approximate surface area is 158 Å². The first-order chi connectivity index (χ1) is 13.5. The van der Waals surface area contributed by atoms with Crippen LogP contribution in [0.3, 0.4) is 0 Å². The minimum atomic E-state index is -1.07. The lowest BCUT2D eigenvalue weighted by Gasteiger charge is -2.08. The summed E-state index contributed by atoms with van der Waals surface area (Å²) in [5.41, 5.74) is 1.15. The molecule has 0 fully saturated rings. The van der Waals surface area contributed by atoms with Crippen LogP contribution in [0.5, 0.6) is 0 Å². The van der Waals surface area contributed by atoms with Crippen LogP contribution in [-0.2, 0) is 4.74 Å². The molecule has 0 aliphatic carbocycles. The number of methoxy groups -OCH3 is 1. The number of aromatic nitrogens is 2. The van der Waals surface area contributed by atoms with Crippen LogP contribution in [0.15, 0.2) is 54.9 Å². The van der Waals surface area contributed by atoms with Crippen molar-refractivity contribution >= 4 is 29.1 Å². The zero-order chi connectivity index (χ0) is 20.1. The minimum Gasteiger partial charge on any atom is -0.465 e. The van der Waals surface area contributed by atoms with Gasteiger partial charge in [0.05, 0.1) is 25.1 Å². The van der Waals surface area contributed by atoms with Crippen LogP contribution < -0.4 is 10.6 Å². The number of carbonyl (C=O) groups excluding carboxylic acids is 2. The van der Waals surface area contributed by atoms with Gasteiger partial charge in [-0.25, -0.2) is 23.5 Å². The van der Waals surface area contributed by atoms with Crippen LogP contribution in [0.25, 0.3) is 0 Å². The van der Waals surface area contributed by atoms with Crippen LogP contribution in [0.2, 0.25) is 0 Å². The van der Waals surface area contributed by atoms with E-state index in [1.54, 1.807) is 24.3 Å². The van der Waals surface area contributed by atoms with E-state index in [2.05, 4.69) is 25.3 Å². The zero-order valence-corrected chi connectivity index (χ0v) is 14.6. The van der Waals surface area contributed by atoms with Gasteiger partial charge < -0.3 is 15.4 Å². The molecular weight excluding hydrogens is 370 g/mol. The Kier molecular flexibility index (Phi) is 5.54. The number of hydrogen-bond donors (Lipinski definition) is 2. The van der Waals surface area contributed by atoms with Gasteiger partial charge in [-0.2, -0.15) is 0 Å². The van der Waals surface area contributed by atoms with E-state index in [-0.39, 0.29) is 11.4 Å². The lowest BCUT2D eigenvalue weighted by Crippen LogP contribution is -2.14. The van der Waals surface area contributed by atoms with Crippen molar-refractivity contribution in [1.82, 2.24) is 9.97 Å². The molecule has 0 aliphatic rings. The van der Waals surface area contributed by atoms with Crippen LogP contribution in [0, 0.1) is 11.6 Å². The SMILES string of the molecule is COC(=O)c1ccc(Nc2cnc(C(=O)Nc3ccc(F)c(F)c3)cn2)cc1. The first-order valence-electron chi connectivity index (χ1n) is 8.00. The number of halogens is 2. The average molecular weight is 384 g/mol. The Balaban J connectivity index is 1.64. The highest BCUT2D eigenvalue weighted by Crippen LogP contribution is 2.16. The van der Waals surface area contributed by atoms with E-state index in [1.807, 2.05) is 0 Å². The summed E-state index contributed by atoms with van der Waals surface area (Å²) >= 11 is 0. The van der Waals surface area contributed by atoms with Crippen LogP contribution >= 0.6 is 0 Å². The van der Waals surface area contributed by atoms with Gasteiger partial charge in [-0.05, 0) is 36.4 Å². The van der Waals surface area contributed by atoms with E-state index in [1.165, 1.54) is 25.6 Å². The zero-order valence-electron chi connectivity index (χ0n) is 14.6. The monoisotopic (exact) mass is 384 g/mol. The van der Waals surface area contributed by atoms with Crippen molar-refractivity contribution in [1.29, 1.82) is 0 Å². The number of nitrogens with zero attached hydrogens (tertiary/aromatic N) is 2. The molecule has 0 bridgehead atoms. The highest BCUT2D eigenvalue weighted by molar-refractivity contribution is 6.02. The van der Waals surface area contributed by atoms with Crippen molar-refractivity contribution in [2.45, 2.75) is 0 Å². The second-order valence-corrected chi connectivity index (χ2v) is 5.56. The number of rotatable bonds is 5. The molecule has 0 atom stereocenters. The molecule has 0 unspecified atom stereocenters. The minimum absolute atomic E-state index is 0.00341. The Morgan fingerprint density at radius 1 is 0.929 bits per heavy atom. The van der Waals surface area contributed by atoms with Crippen molar-refractivity contribution < 1.29 is 23.1 Å². The Hall–Kier alpha value is -3.88. The number of amides is 1. The maximum Gasteiger partial charge on any atom is 0.337 e. The Morgan fingerprint density at radius 3 is 2.25 bits per heavy atom. The summed E-state index contributed by atoms with van der Waals surface area (Å²) in [5.74, 6) is -2.76. The summed E-state index contributed by atoms with van der Waals surface area (Å²) < 4.78 is 30.7. The highest BCUT2D eigenvalue weighted by Gasteiger charge is 2.11. The molecule has 2 N–H and O–H groups in total. The molecule has 142 valence electrons. The molecule has 1 heterocycles. The summed E-state index contributed by atoms with van der Waals surface area (Å²) in [4.78, 5) is 31.6. The lowest BCUT2D eigenvalue weighted by atomic mass is 10.2.